The van der Waals surface area contributed by atoms with Gasteiger partial charge in [0.05, 0.1) is 21.8 Å². The first kappa shape index (κ1) is 12.6. The van der Waals surface area contributed by atoms with Crippen LogP contribution in [0, 0.1) is 0 Å². The van der Waals surface area contributed by atoms with Crippen molar-refractivity contribution in [3.63, 3.8) is 0 Å². The molecular weight excluding hydrogens is 277 g/mol. The molecule has 6 heteroatoms. The Morgan fingerprint density at radius 2 is 2.12 bits per heavy atom. The molecule has 1 N–H and O–H groups in total. The van der Waals surface area contributed by atoms with Crippen LogP contribution in [0.15, 0.2) is 18.2 Å². The van der Waals surface area contributed by atoms with Crippen LogP contribution >= 0.6 is 34.9 Å². The molecule has 0 aliphatic heterocycles. The van der Waals surface area contributed by atoms with Crippen LogP contribution < -0.4 is 5.32 Å². The summed E-state index contributed by atoms with van der Waals surface area (Å²) < 4.78 is 8.48. The van der Waals surface area contributed by atoms with E-state index in [0.29, 0.717) is 10.0 Å². The molecule has 0 aliphatic rings. The third kappa shape index (κ3) is 2.70. The molecule has 0 unspecified atom stereocenters. The Morgan fingerprint density at radius 3 is 2.88 bits per heavy atom. The zero-order valence-corrected chi connectivity index (χ0v) is 11.5. The fraction of sp³-hybridized carbons (Fsp3) is 0.273. The van der Waals surface area contributed by atoms with E-state index in [1.165, 1.54) is 0 Å². The molecule has 0 radical (unpaired) electrons. The number of hydrogen-bond donors (Lipinski definition) is 1. The monoisotopic (exact) mass is 287 g/mol. The Kier molecular flexibility index (Phi) is 4.20. The lowest BCUT2D eigenvalue weighted by Gasteiger charge is -2.06. The minimum absolute atomic E-state index is 0.515. The third-order valence-electron chi connectivity index (χ3n) is 2.24. The van der Waals surface area contributed by atoms with Crippen molar-refractivity contribution in [1.82, 2.24) is 8.75 Å². The first-order valence-corrected chi connectivity index (χ1v) is 6.73. The van der Waals surface area contributed by atoms with Crippen LogP contribution in [0.5, 0.6) is 0 Å². The van der Waals surface area contributed by atoms with Gasteiger partial charge in [0.15, 0.2) is 5.82 Å². The Bertz CT molecular complexity index is 513. The fourth-order valence-electron chi connectivity index (χ4n) is 1.41. The van der Waals surface area contributed by atoms with E-state index in [1.54, 1.807) is 6.07 Å². The minimum atomic E-state index is 0.515. The molecule has 17 heavy (non-hydrogen) atoms. The van der Waals surface area contributed by atoms with Crippen molar-refractivity contribution >= 4 is 40.7 Å². The van der Waals surface area contributed by atoms with Gasteiger partial charge in [-0.2, -0.15) is 8.75 Å². The van der Waals surface area contributed by atoms with Crippen molar-refractivity contribution in [3.05, 3.63) is 28.2 Å². The van der Waals surface area contributed by atoms with E-state index < -0.39 is 0 Å². The van der Waals surface area contributed by atoms with E-state index in [9.17, 15) is 0 Å². The molecule has 0 aliphatic carbocycles. The molecule has 0 amide bonds. The summed E-state index contributed by atoms with van der Waals surface area (Å²) in [5.41, 5.74) is 1.57. The minimum Gasteiger partial charge on any atom is -0.367 e. The van der Waals surface area contributed by atoms with E-state index in [4.69, 9.17) is 23.2 Å². The maximum Gasteiger partial charge on any atom is 0.168 e. The Balaban J connectivity index is 2.39. The smallest absolute Gasteiger partial charge is 0.168 e. The molecule has 0 saturated heterocycles. The number of rotatable bonds is 4. The quantitative estimate of drug-likeness (QED) is 0.909. The van der Waals surface area contributed by atoms with Crippen molar-refractivity contribution in [2.45, 2.75) is 13.3 Å². The normalized spacial score (nSPS) is 10.5. The standard InChI is InChI=1S/C11H11Cl2N3S/c1-2-6-14-11-10(15-17-16-11)7-4-3-5-8(12)9(7)13/h3-5H,2,6H2,1H3,(H,14,16). The molecule has 2 rings (SSSR count). The van der Waals surface area contributed by atoms with Crippen molar-refractivity contribution in [2.24, 2.45) is 0 Å². The maximum absolute atomic E-state index is 6.17. The maximum atomic E-state index is 6.17. The van der Waals surface area contributed by atoms with E-state index in [0.717, 1.165) is 41.8 Å². The van der Waals surface area contributed by atoms with E-state index in [2.05, 4.69) is 21.0 Å². The van der Waals surface area contributed by atoms with Gasteiger partial charge in [-0.1, -0.05) is 42.3 Å². The molecule has 0 bridgehead atoms. The molecular formula is C11H11Cl2N3S. The Hall–Kier alpha value is -0.840. The van der Waals surface area contributed by atoms with Gasteiger partial charge in [-0.25, -0.2) is 0 Å². The van der Waals surface area contributed by atoms with Crippen molar-refractivity contribution in [3.8, 4) is 11.3 Å². The average molecular weight is 288 g/mol. The summed E-state index contributed by atoms with van der Waals surface area (Å²) in [7, 11) is 0. The number of hydrogen-bond acceptors (Lipinski definition) is 4. The highest BCUT2D eigenvalue weighted by molar-refractivity contribution is 6.99. The molecule has 0 atom stereocenters. The number of anilines is 1. The van der Waals surface area contributed by atoms with Crippen molar-refractivity contribution in [1.29, 1.82) is 0 Å². The molecule has 0 fully saturated rings. The van der Waals surface area contributed by atoms with Crippen LogP contribution in [0.1, 0.15) is 13.3 Å². The summed E-state index contributed by atoms with van der Waals surface area (Å²) in [5.74, 6) is 0.765. The highest BCUT2D eigenvalue weighted by Gasteiger charge is 2.14. The molecule has 3 nitrogen and oxygen atoms in total. The topological polar surface area (TPSA) is 37.8 Å². The lowest BCUT2D eigenvalue weighted by Crippen LogP contribution is -2.01. The number of benzene rings is 1. The van der Waals surface area contributed by atoms with Gasteiger partial charge in [0.2, 0.25) is 0 Å². The molecule has 90 valence electrons. The van der Waals surface area contributed by atoms with Gasteiger partial charge in [-0.05, 0) is 12.5 Å². The van der Waals surface area contributed by atoms with E-state index >= 15 is 0 Å². The van der Waals surface area contributed by atoms with Gasteiger partial charge in [0.25, 0.3) is 0 Å². The number of nitrogens with one attached hydrogen (secondary N) is 1. The molecule has 0 saturated carbocycles. The summed E-state index contributed by atoms with van der Waals surface area (Å²) >= 11 is 13.3. The molecule has 0 spiro atoms. The van der Waals surface area contributed by atoms with Crippen LogP contribution in [0.25, 0.3) is 11.3 Å². The summed E-state index contributed by atoms with van der Waals surface area (Å²) in [4.78, 5) is 0. The van der Waals surface area contributed by atoms with Gasteiger partial charge in [0.1, 0.15) is 5.69 Å². The largest absolute Gasteiger partial charge is 0.367 e. The molecule has 1 aromatic carbocycles. The van der Waals surface area contributed by atoms with Crippen LogP contribution in [0.2, 0.25) is 10.0 Å². The number of nitrogens with zero attached hydrogens (tertiary/aromatic N) is 2. The van der Waals surface area contributed by atoms with Crippen LogP contribution in [0.4, 0.5) is 5.82 Å². The van der Waals surface area contributed by atoms with E-state index in [1.807, 2.05) is 12.1 Å². The van der Waals surface area contributed by atoms with Crippen LogP contribution in [0.3, 0.4) is 0 Å². The second-order valence-corrected chi connectivity index (χ2v) is 4.80. The second kappa shape index (κ2) is 5.67. The highest BCUT2D eigenvalue weighted by Crippen LogP contribution is 2.35. The summed E-state index contributed by atoms with van der Waals surface area (Å²) in [6.45, 7) is 2.95. The lowest BCUT2D eigenvalue weighted by atomic mass is 10.1. The molecule has 2 aromatic rings. The van der Waals surface area contributed by atoms with Gasteiger partial charge in [0, 0.05) is 12.1 Å². The molecule has 1 heterocycles. The van der Waals surface area contributed by atoms with Gasteiger partial charge >= 0.3 is 0 Å². The first-order valence-electron chi connectivity index (χ1n) is 5.25. The summed E-state index contributed by atoms with van der Waals surface area (Å²) in [6, 6.07) is 5.50. The third-order valence-corrected chi connectivity index (χ3v) is 3.59. The highest BCUT2D eigenvalue weighted by atomic mass is 35.5. The van der Waals surface area contributed by atoms with Crippen molar-refractivity contribution < 1.29 is 0 Å². The predicted molar refractivity (Wildman–Crippen MR) is 74.1 cm³/mol. The van der Waals surface area contributed by atoms with Crippen LogP contribution in [-0.2, 0) is 0 Å². The Morgan fingerprint density at radius 1 is 1.29 bits per heavy atom. The van der Waals surface area contributed by atoms with Gasteiger partial charge in [-0.3, -0.25) is 0 Å². The summed E-state index contributed by atoms with van der Waals surface area (Å²) in [6.07, 6.45) is 1.03. The van der Waals surface area contributed by atoms with Crippen LogP contribution in [-0.4, -0.2) is 15.3 Å². The number of halogens is 2. The van der Waals surface area contributed by atoms with Gasteiger partial charge < -0.3 is 5.32 Å². The van der Waals surface area contributed by atoms with Gasteiger partial charge in [-0.15, -0.1) is 0 Å². The summed E-state index contributed by atoms with van der Waals surface area (Å²) in [5, 5.41) is 4.26. The second-order valence-electron chi connectivity index (χ2n) is 3.49. The average Bonchev–Trinajstić information content (AvgIpc) is 2.78. The van der Waals surface area contributed by atoms with Crippen molar-refractivity contribution in [2.75, 3.05) is 11.9 Å². The van der Waals surface area contributed by atoms with E-state index in [-0.39, 0.29) is 0 Å². The zero-order chi connectivity index (χ0) is 12.3. The number of aromatic nitrogens is 2. The fourth-order valence-corrected chi connectivity index (χ4v) is 2.34. The zero-order valence-electron chi connectivity index (χ0n) is 9.20. The first-order chi connectivity index (χ1) is 8.24. The SMILES string of the molecule is CCCNc1nsnc1-c1cccc(Cl)c1Cl. The molecule has 1 aromatic heterocycles. The lowest BCUT2D eigenvalue weighted by molar-refractivity contribution is 0.974. The predicted octanol–water partition coefficient (Wildman–Crippen LogP) is 4.33. The Labute approximate surface area is 114 Å².